The van der Waals surface area contributed by atoms with Gasteiger partial charge in [-0.05, 0) is 19.4 Å². The summed E-state index contributed by atoms with van der Waals surface area (Å²) < 4.78 is 5.49. The lowest BCUT2D eigenvalue weighted by atomic mass is 10.1. The minimum atomic E-state index is -0.675. The van der Waals surface area contributed by atoms with Crippen molar-refractivity contribution < 1.29 is 14.6 Å². The van der Waals surface area contributed by atoms with Crippen LogP contribution in [0.3, 0.4) is 0 Å². The Kier molecular flexibility index (Phi) is 7.82. The highest BCUT2D eigenvalue weighted by Crippen LogP contribution is 2.16. The van der Waals surface area contributed by atoms with E-state index in [1.807, 2.05) is 38.1 Å². The fourth-order valence-electron chi connectivity index (χ4n) is 2.41. The van der Waals surface area contributed by atoms with Crippen LogP contribution in [0.4, 0.5) is 0 Å². The number of morpholine rings is 1. The summed E-state index contributed by atoms with van der Waals surface area (Å²) in [4.78, 5) is 14.1. The number of halogens is 1. The maximum atomic E-state index is 12.4. The summed E-state index contributed by atoms with van der Waals surface area (Å²) in [5.74, 6) is -0.0594. The van der Waals surface area contributed by atoms with E-state index in [0.29, 0.717) is 19.7 Å². The molecule has 0 aromatic heterocycles. The van der Waals surface area contributed by atoms with E-state index in [1.54, 1.807) is 4.90 Å². The van der Waals surface area contributed by atoms with E-state index in [1.165, 1.54) is 0 Å². The molecule has 1 amide bonds. The first-order valence-electron chi connectivity index (χ1n) is 7.47. The number of benzene rings is 1. The first-order chi connectivity index (χ1) is 10.1. The smallest absolute Gasteiger partial charge is 0.253 e. The zero-order valence-electron chi connectivity index (χ0n) is 13.1. The fraction of sp³-hybridized carbons (Fsp3) is 0.562. The number of rotatable bonds is 5. The lowest BCUT2D eigenvalue weighted by Gasteiger charge is -2.30. The average molecular weight is 329 g/mol. The van der Waals surface area contributed by atoms with E-state index in [2.05, 4.69) is 5.32 Å². The van der Waals surface area contributed by atoms with Gasteiger partial charge in [-0.25, -0.2) is 0 Å². The number of hydrogen-bond acceptors (Lipinski definition) is 4. The number of hydrogen-bond donors (Lipinski definition) is 2. The van der Waals surface area contributed by atoms with E-state index in [-0.39, 0.29) is 24.9 Å². The van der Waals surface area contributed by atoms with Gasteiger partial charge in [0.1, 0.15) is 6.10 Å². The van der Waals surface area contributed by atoms with Crippen molar-refractivity contribution in [1.82, 2.24) is 10.2 Å². The molecule has 22 heavy (non-hydrogen) atoms. The Morgan fingerprint density at radius 2 is 2.14 bits per heavy atom. The Morgan fingerprint density at radius 3 is 2.68 bits per heavy atom. The molecule has 5 nitrogen and oxygen atoms in total. The summed E-state index contributed by atoms with van der Waals surface area (Å²) in [6.45, 7) is 6.63. The maximum Gasteiger partial charge on any atom is 0.253 e. The average Bonchev–Trinajstić information content (AvgIpc) is 2.53. The molecule has 1 aliphatic rings. The van der Waals surface area contributed by atoms with Gasteiger partial charge in [-0.15, -0.1) is 12.4 Å². The molecule has 0 saturated carbocycles. The third-order valence-electron chi connectivity index (χ3n) is 3.75. The van der Waals surface area contributed by atoms with Gasteiger partial charge in [0.05, 0.1) is 19.3 Å². The van der Waals surface area contributed by atoms with Gasteiger partial charge in [-0.3, -0.25) is 4.79 Å². The molecule has 0 bridgehead atoms. The Morgan fingerprint density at radius 1 is 1.45 bits per heavy atom. The van der Waals surface area contributed by atoms with Crippen molar-refractivity contribution in [1.29, 1.82) is 0 Å². The number of nitrogens with one attached hydrogen (secondary N) is 1. The van der Waals surface area contributed by atoms with Gasteiger partial charge in [-0.2, -0.15) is 0 Å². The summed E-state index contributed by atoms with van der Waals surface area (Å²) in [5.41, 5.74) is 1.98. The number of aryl methyl sites for hydroxylation is 1. The molecule has 124 valence electrons. The Hall–Kier alpha value is -1.14. The van der Waals surface area contributed by atoms with Crippen LogP contribution in [0.25, 0.3) is 0 Å². The molecule has 2 unspecified atom stereocenters. The number of carbonyl (C=O) groups excluding carboxylic acids is 1. The topological polar surface area (TPSA) is 61.8 Å². The largest absolute Gasteiger partial charge is 0.387 e. The quantitative estimate of drug-likeness (QED) is 0.855. The van der Waals surface area contributed by atoms with E-state index in [9.17, 15) is 9.90 Å². The van der Waals surface area contributed by atoms with Crippen LogP contribution < -0.4 is 5.32 Å². The first kappa shape index (κ1) is 18.9. The first-order valence-corrected chi connectivity index (χ1v) is 7.47. The van der Waals surface area contributed by atoms with Gasteiger partial charge in [0.15, 0.2) is 0 Å². The van der Waals surface area contributed by atoms with Crippen LogP contribution in [0.1, 0.15) is 24.2 Å². The highest BCUT2D eigenvalue weighted by molar-refractivity contribution is 5.85. The maximum absolute atomic E-state index is 12.4. The van der Waals surface area contributed by atoms with Gasteiger partial charge in [0, 0.05) is 19.6 Å². The minimum Gasteiger partial charge on any atom is -0.387 e. The van der Waals surface area contributed by atoms with Crippen LogP contribution in [-0.4, -0.2) is 54.8 Å². The van der Waals surface area contributed by atoms with Crippen LogP contribution >= 0.6 is 12.4 Å². The van der Waals surface area contributed by atoms with Crippen LogP contribution in [0.5, 0.6) is 0 Å². The molecule has 1 aromatic rings. The van der Waals surface area contributed by atoms with E-state index in [0.717, 1.165) is 17.7 Å². The molecule has 0 radical (unpaired) electrons. The van der Waals surface area contributed by atoms with Crippen molar-refractivity contribution in [2.24, 2.45) is 0 Å². The molecule has 2 atom stereocenters. The highest BCUT2D eigenvalue weighted by atomic mass is 35.5. The molecule has 1 aromatic carbocycles. The standard InChI is InChI=1S/C16H24N2O3.ClH/c1-3-18(16(20)15-10-17-8-9-21-15)11-14(19)13-6-4-12(2)5-7-13;/h4-7,14-15,17,19H,3,8-11H2,1-2H3;1H. The number of aliphatic hydroxyl groups is 1. The van der Waals surface area contributed by atoms with Crippen molar-refractivity contribution in [3.05, 3.63) is 35.4 Å². The summed E-state index contributed by atoms with van der Waals surface area (Å²) >= 11 is 0. The number of aliphatic hydroxyl groups excluding tert-OH is 1. The van der Waals surface area contributed by atoms with Crippen LogP contribution in [0.2, 0.25) is 0 Å². The van der Waals surface area contributed by atoms with Crippen molar-refractivity contribution in [3.63, 3.8) is 0 Å². The lowest BCUT2D eigenvalue weighted by molar-refractivity contribution is -0.146. The zero-order chi connectivity index (χ0) is 15.2. The van der Waals surface area contributed by atoms with Crippen LogP contribution in [0.15, 0.2) is 24.3 Å². The van der Waals surface area contributed by atoms with Crippen molar-refractivity contribution in [3.8, 4) is 0 Å². The number of amides is 1. The van der Waals surface area contributed by atoms with Gasteiger partial charge in [-0.1, -0.05) is 29.8 Å². The van der Waals surface area contributed by atoms with Gasteiger partial charge in [0.25, 0.3) is 5.91 Å². The predicted molar refractivity (Wildman–Crippen MR) is 88.3 cm³/mol. The summed E-state index contributed by atoms with van der Waals surface area (Å²) in [6.07, 6.45) is -1.12. The molecule has 6 heteroatoms. The second kappa shape index (κ2) is 9.10. The van der Waals surface area contributed by atoms with Crippen LogP contribution in [0, 0.1) is 6.92 Å². The van der Waals surface area contributed by atoms with Gasteiger partial charge < -0.3 is 20.1 Å². The van der Waals surface area contributed by atoms with E-state index >= 15 is 0 Å². The summed E-state index contributed by atoms with van der Waals surface area (Å²) in [5, 5.41) is 13.5. The normalized spacial score (nSPS) is 19.1. The Bertz CT molecular complexity index is 461. The SMILES string of the molecule is CCN(CC(O)c1ccc(C)cc1)C(=O)C1CNCCO1.Cl. The molecule has 0 spiro atoms. The summed E-state index contributed by atoms with van der Waals surface area (Å²) in [7, 11) is 0. The lowest BCUT2D eigenvalue weighted by Crippen LogP contribution is -2.50. The second-order valence-corrected chi connectivity index (χ2v) is 5.37. The third-order valence-corrected chi connectivity index (χ3v) is 3.75. The van der Waals surface area contributed by atoms with Crippen molar-refractivity contribution >= 4 is 18.3 Å². The molecule has 1 heterocycles. The number of ether oxygens (including phenoxy) is 1. The predicted octanol–water partition coefficient (Wildman–Crippen LogP) is 1.29. The second-order valence-electron chi connectivity index (χ2n) is 5.37. The minimum absolute atomic E-state index is 0. The van der Waals surface area contributed by atoms with Crippen molar-refractivity contribution in [2.75, 3.05) is 32.8 Å². The highest BCUT2D eigenvalue weighted by Gasteiger charge is 2.27. The molecular weight excluding hydrogens is 304 g/mol. The Labute approximate surface area is 138 Å². The number of likely N-dealkylation sites (N-methyl/N-ethyl adjacent to an activating group) is 1. The summed E-state index contributed by atoms with van der Waals surface area (Å²) in [6, 6.07) is 7.73. The van der Waals surface area contributed by atoms with Crippen LogP contribution in [-0.2, 0) is 9.53 Å². The van der Waals surface area contributed by atoms with E-state index < -0.39 is 12.2 Å². The molecule has 1 fully saturated rings. The zero-order valence-corrected chi connectivity index (χ0v) is 13.9. The van der Waals surface area contributed by atoms with Gasteiger partial charge >= 0.3 is 0 Å². The molecule has 2 N–H and O–H groups in total. The van der Waals surface area contributed by atoms with Crippen molar-refractivity contribution in [2.45, 2.75) is 26.1 Å². The fourth-order valence-corrected chi connectivity index (χ4v) is 2.41. The van der Waals surface area contributed by atoms with Gasteiger partial charge in [0.2, 0.25) is 0 Å². The molecule has 1 aliphatic heterocycles. The third kappa shape index (κ3) is 4.95. The van der Waals surface area contributed by atoms with E-state index in [4.69, 9.17) is 4.74 Å². The monoisotopic (exact) mass is 328 g/mol. The number of nitrogens with zero attached hydrogens (tertiary/aromatic N) is 1. The molecular formula is C16H25ClN2O3. The Balaban J connectivity index is 0.00000242. The number of carbonyl (C=O) groups is 1. The molecule has 2 rings (SSSR count). The molecule has 0 aliphatic carbocycles. The molecule has 1 saturated heterocycles.